The van der Waals surface area contributed by atoms with Crippen LogP contribution >= 0.6 is 15.6 Å². The average Bonchev–Trinajstić information content (AvgIpc) is 2.77. The van der Waals surface area contributed by atoms with E-state index in [0.717, 1.165) is 12.4 Å². The van der Waals surface area contributed by atoms with Gasteiger partial charge in [0.15, 0.2) is 12.6 Å². The number of hydrogen-bond acceptors (Lipinski definition) is 12. The van der Waals surface area contributed by atoms with Gasteiger partial charge in [-0.15, -0.1) is 0 Å². The quantitative estimate of drug-likeness (QED) is 0.0718. The number of phosphoric acid groups is 2. The summed E-state index contributed by atoms with van der Waals surface area (Å²) in [4.78, 5) is 67.6. The highest BCUT2D eigenvalue weighted by atomic mass is 31.2. The van der Waals surface area contributed by atoms with Gasteiger partial charge in [0.25, 0.3) is 0 Å². The molecule has 0 aliphatic heterocycles. The van der Waals surface area contributed by atoms with E-state index in [2.05, 4.69) is 29.6 Å². The number of nitrogens with zero attached hydrogens (tertiary/aromatic N) is 2. The molecule has 198 valence electrons. The summed E-state index contributed by atoms with van der Waals surface area (Å²) < 4.78 is 32.3. The van der Waals surface area contributed by atoms with Gasteiger partial charge in [-0.3, -0.25) is 39.2 Å². The minimum Gasteiger partial charge on any atom is -0.505 e. The second-order valence-electron chi connectivity index (χ2n) is 7.22. The van der Waals surface area contributed by atoms with Crippen molar-refractivity contribution in [2.24, 2.45) is 0 Å². The van der Waals surface area contributed by atoms with Crippen molar-refractivity contribution in [3.8, 4) is 11.5 Å². The third kappa shape index (κ3) is 7.94. The SMILES string of the molecule is Cc1ncc(C(NCCNC(OP(=O)(O)O)c2cnc(C)c(O)c2C=O)OP(=O)(O)O)c(C=O)c1O. The first-order chi connectivity index (χ1) is 16.7. The van der Waals surface area contributed by atoms with Gasteiger partial charge in [-0.25, -0.2) is 9.13 Å². The lowest BCUT2D eigenvalue weighted by Gasteiger charge is -2.24. The lowest BCUT2D eigenvalue weighted by atomic mass is 10.1. The van der Waals surface area contributed by atoms with E-state index in [9.17, 15) is 48.5 Å². The smallest absolute Gasteiger partial charge is 0.471 e. The van der Waals surface area contributed by atoms with Crippen LogP contribution in [0.3, 0.4) is 0 Å². The van der Waals surface area contributed by atoms with Crippen molar-refractivity contribution < 1.29 is 57.6 Å². The minimum absolute atomic E-state index is 0.0795. The van der Waals surface area contributed by atoms with Crippen molar-refractivity contribution in [1.82, 2.24) is 20.6 Å². The van der Waals surface area contributed by atoms with Gasteiger partial charge in [-0.2, -0.15) is 0 Å². The van der Waals surface area contributed by atoms with Crippen LogP contribution in [0.25, 0.3) is 0 Å². The first-order valence-electron chi connectivity index (χ1n) is 9.90. The Morgan fingerprint density at radius 2 is 1.14 bits per heavy atom. The topological polar surface area (TPSA) is 258 Å². The zero-order valence-corrected chi connectivity index (χ0v) is 20.6. The van der Waals surface area contributed by atoms with Crippen LogP contribution in [0, 0.1) is 13.8 Å². The highest BCUT2D eigenvalue weighted by Gasteiger charge is 2.29. The van der Waals surface area contributed by atoms with Gasteiger partial charge < -0.3 is 29.8 Å². The molecule has 2 heterocycles. The summed E-state index contributed by atoms with van der Waals surface area (Å²) in [6.45, 7) is 2.32. The molecule has 0 saturated heterocycles. The summed E-state index contributed by atoms with van der Waals surface area (Å²) in [5, 5.41) is 25.3. The molecule has 0 amide bonds. The van der Waals surface area contributed by atoms with Crippen molar-refractivity contribution in [2.45, 2.75) is 26.3 Å². The van der Waals surface area contributed by atoms with Gasteiger partial charge in [0, 0.05) is 36.6 Å². The number of aryl methyl sites for hydroxylation is 2. The lowest BCUT2D eigenvalue weighted by Crippen LogP contribution is -2.34. The molecular formula is C18H24N4O12P2. The largest absolute Gasteiger partial charge is 0.505 e. The van der Waals surface area contributed by atoms with E-state index in [1.54, 1.807) is 0 Å². The second-order valence-corrected chi connectivity index (χ2v) is 9.60. The molecule has 16 nitrogen and oxygen atoms in total. The fourth-order valence-corrected chi connectivity index (χ4v) is 3.94. The van der Waals surface area contributed by atoms with E-state index < -0.39 is 39.6 Å². The Kier molecular flexibility index (Phi) is 9.93. The number of pyridine rings is 2. The fraction of sp³-hybridized carbons (Fsp3) is 0.333. The summed E-state index contributed by atoms with van der Waals surface area (Å²) in [7, 11) is -10.2. The van der Waals surface area contributed by atoms with Crippen LogP contribution < -0.4 is 10.6 Å². The standard InChI is InChI=1S/C18H24N4O12P2/c1-9-15(25)13(7-23)11(5-21-9)17(33-35(27,28)29)19-3-4-20-18(34-36(30,31)32)12-6-22-10(2)16(26)14(12)8-24/h5-8,17-20,25-26H,3-4H2,1-2H3,(H2,27,28,29)(H2,30,31,32). The van der Waals surface area contributed by atoms with Gasteiger partial charge in [0.1, 0.15) is 24.0 Å². The summed E-state index contributed by atoms with van der Waals surface area (Å²) in [5.41, 5.74) is -0.904. The van der Waals surface area contributed by atoms with Crippen molar-refractivity contribution in [3.63, 3.8) is 0 Å². The molecule has 0 saturated carbocycles. The van der Waals surface area contributed by atoms with Gasteiger partial charge in [-0.1, -0.05) is 0 Å². The minimum atomic E-state index is -5.12. The van der Waals surface area contributed by atoms with Crippen LogP contribution in [0.2, 0.25) is 0 Å². The van der Waals surface area contributed by atoms with Crippen molar-refractivity contribution in [1.29, 1.82) is 0 Å². The molecular weight excluding hydrogens is 526 g/mol. The van der Waals surface area contributed by atoms with Crippen LogP contribution in [-0.4, -0.2) is 65.4 Å². The Morgan fingerprint density at radius 3 is 1.42 bits per heavy atom. The van der Waals surface area contributed by atoms with E-state index in [1.807, 2.05) is 0 Å². The molecule has 0 aliphatic carbocycles. The molecule has 0 bridgehead atoms. The van der Waals surface area contributed by atoms with Crippen LogP contribution in [0.15, 0.2) is 12.4 Å². The Balaban J connectivity index is 2.27. The number of aromatic nitrogens is 2. The number of rotatable bonds is 13. The number of carbonyl (C=O) groups is 2. The molecule has 0 radical (unpaired) electrons. The van der Waals surface area contributed by atoms with Gasteiger partial charge >= 0.3 is 15.6 Å². The predicted molar refractivity (Wildman–Crippen MR) is 120 cm³/mol. The second kappa shape index (κ2) is 12.1. The highest BCUT2D eigenvalue weighted by Crippen LogP contribution is 2.43. The molecule has 2 unspecified atom stereocenters. The monoisotopic (exact) mass is 550 g/mol. The Hall–Kier alpha value is -2.62. The molecule has 2 aromatic rings. The first-order valence-corrected chi connectivity index (χ1v) is 13.0. The Morgan fingerprint density at radius 1 is 0.806 bits per heavy atom. The molecule has 0 aromatic carbocycles. The molecule has 36 heavy (non-hydrogen) atoms. The molecule has 0 aliphatic rings. The van der Waals surface area contributed by atoms with Gasteiger partial charge in [0.2, 0.25) is 0 Å². The van der Waals surface area contributed by atoms with E-state index in [4.69, 9.17) is 0 Å². The molecule has 2 aromatic heterocycles. The summed E-state index contributed by atoms with van der Waals surface area (Å²) >= 11 is 0. The first kappa shape index (κ1) is 29.6. The number of phosphoric ester groups is 2. The predicted octanol–water partition coefficient (Wildman–Crippen LogP) is 0.225. The zero-order chi connectivity index (χ0) is 27.3. The van der Waals surface area contributed by atoms with Crippen LogP contribution in [0.4, 0.5) is 0 Å². The van der Waals surface area contributed by atoms with Gasteiger partial charge in [0.05, 0.1) is 22.5 Å². The molecule has 0 fully saturated rings. The molecule has 0 spiro atoms. The maximum atomic E-state index is 11.5. The molecule has 18 heteroatoms. The third-order valence-electron chi connectivity index (χ3n) is 4.68. The normalized spacial score (nSPS) is 13.8. The van der Waals surface area contributed by atoms with E-state index in [1.165, 1.54) is 13.8 Å². The summed E-state index contributed by atoms with van der Waals surface area (Å²) in [5.74, 6) is -1.05. The zero-order valence-electron chi connectivity index (χ0n) is 18.8. The number of nitrogens with one attached hydrogen (secondary N) is 2. The maximum absolute atomic E-state index is 11.5. The Labute approximate surface area is 203 Å². The van der Waals surface area contributed by atoms with Crippen molar-refractivity contribution in [2.75, 3.05) is 13.1 Å². The molecule has 2 rings (SSSR count). The fourth-order valence-electron chi connectivity index (χ4n) is 3.01. The molecule has 2 atom stereocenters. The van der Waals surface area contributed by atoms with Crippen LogP contribution in [0.5, 0.6) is 11.5 Å². The van der Waals surface area contributed by atoms with Crippen LogP contribution in [-0.2, 0) is 18.2 Å². The van der Waals surface area contributed by atoms with Crippen molar-refractivity contribution in [3.05, 3.63) is 46.0 Å². The van der Waals surface area contributed by atoms with E-state index in [-0.39, 0.29) is 59.3 Å². The number of hydrogen-bond donors (Lipinski definition) is 8. The number of aldehydes is 2. The average molecular weight is 550 g/mol. The van der Waals surface area contributed by atoms with Crippen molar-refractivity contribution >= 4 is 28.2 Å². The number of carbonyl (C=O) groups excluding carboxylic acids is 2. The lowest BCUT2D eigenvalue weighted by molar-refractivity contribution is 0.0938. The van der Waals surface area contributed by atoms with E-state index >= 15 is 0 Å². The summed E-state index contributed by atoms with van der Waals surface area (Å²) in [6.07, 6.45) is -0.673. The highest BCUT2D eigenvalue weighted by molar-refractivity contribution is 7.46. The van der Waals surface area contributed by atoms with Crippen LogP contribution in [0.1, 0.15) is 55.7 Å². The Bertz CT molecular complexity index is 1120. The number of aromatic hydroxyl groups is 2. The maximum Gasteiger partial charge on any atom is 0.471 e. The van der Waals surface area contributed by atoms with Gasteiger partial charge in [-0.05, 0) is 13.8 Å². The summed E-state index contributed by atoms with van der Waals surface area (Å²) in [6, 6.07) is 0. The third-order valence-corrected chi connectivity index (χ3v) is 5.65. The molecule has 8 N–H and O–H groups in total. The van der Waals surface area contributed by atoms with E-state index in [0.29, 0.717) is 0 Å².